The normalized spacial score (nSPS) is 15.8. The Balaban J connectivity index is 1.40. The number of nitrogens with one attached hydrogen (secondary N) is 2. The van der Waals surface area contributed by atoms with Gasteiger partial charge in [-0.2, -0.15) is 5.26 Å². The molecule has 0 aliphatic heterocycles. The van der Waals surface area contributed by atoms with Crippen LogP contribution in [0.5, 0.6) is 0 Å². The minimum absolute atomic E-state index is 0.161. The standard InChI is InChI=1S/C23H26N6OS2/c1-4-23(2,3)15-5-6-16-17(12-24)21(32-18(16)11-15)26-19(30)13-31-22-27-20(28-29-22)14-7-9-25-10-8-14/h7-10,15H,4-6,11,13H2,1-3H3,(H,26,30)(H,27,28,29)/t15-/m0/s1. The molecule has 0 saturated heterocycles. The van der Waals surface area contributed by atoms with E-state index in [0.717, 1.165) is 36.8 Å². The number of H-pyrrole nitrogens is 1. The fourth-order valence-electron chi connectivity index (χ4n) is 3.99. The second-order valence-electron chi connectivity index (χ2n) is 8.64. The summed E-state index contributed by atoms with van der Waals surface area (Å²) in [7, 11) is 0. The van der Waals surface area contributed by atoms with Crippen molar-refractivity contribution in [1.29, 1.82) is 5.26 Å². The maximum Gasteiger partial charge on any atom is 0.235 e. The molecule has 0 unspecified atom stereocenters. The fraction of sp³-hybridized carbons (Fsp3) is 0.435. The van der Waals surface area contributed by atoms with Crippen LogP contribution in [0, 0.1) is 22.7 Å². The van der Waals surface area contributed by atoms with E-state index in [1.54, 1.807) is 23.7 Å². The maximum atomic E-state index is 12.6. The third kappa shape index (κ3) is 4.71. The van der Waals surface area contributed by atoms with Crippen LogP contribution in [0.2, 0.25) is 0 Å². The molecule has 0 bridgehead atoms. The first-order valence-electron chi connectivity index (χ1n) is 10.7. The average Bonchev–Trinajstić information content (AvgIpc) is 3.42. The van der Waals surface area contributed by atoms with E-state index in [4.69, 9.17) is 0 Å². The Labute approximate surface area is 196 Å². The molecule has 0 aromatic carbocycles. The summed E-state index contributed by atoms with van der Waals surface area (Å²) in [5.41, 5.74) is 2.92. The van der Waals surface area contributed by atoms with Gasteiger partial charge in [-0.15, -0.1) is 16.4 Å². The highest BCUT2D eigenvalue weighted by Gasteiger charge is 2.34. The van der Waals surface area contributed by atoms with E-state index in [1.807, 2.05) is 12.1 Å². The highest BCUT2D eigenvalue weighted by Crippen LogP contribution is 2.45. The lowest BCUT2D eigenvalue weighted by molar-refractivity contribution is -0.113. The first kappa shape index (κ1) is 22.5. The second-order valence-corrected chi connectivity index (χ2v) is 10.7. The van der Waals surface area contributed by atoms with Crippen molar-refractivity contribution in [3.63, 3.8) is 0 Å². The summed E-state index contributed by atoms with van der Waals surface area (Å²) >= 11 is 2.82. The number of rotatable bonds is 7. The first-order valence-corrected chi connectivity index (χ1v) is 12.5. The number of amides is 1. The molecule has 2 N–H and O–H groups in total. The molecular weight excluding hydrogens is 440 g/mol. The molecule has 9 heteroatoms. The van der Waals surface area contributed by atoms with Crippen LogP contribution in [0.15, 0.2) is 29.7 Å². The summed E-state index contributed by atoms with van der Waals surface area (Å²) in [4.78, 5) is 22.3. The SMILES string of the molecule is CCC(C)(C)[C@H]1CCc2c(sc(NC(=O)CSc3n[nH]c(-c4ccncc4)n3)c2C#N)C1. The molecule has 0 spiro atoms. The van der Waals surface area contributed by atoms with Crippen LogP contribution in [-0.2, 0) is 17.6 Å². The minimum atomic E-state index is -0.161. The van der Waals surface area contributed by atoms with Crippen molar-refractivity contribution in [3.05, 3.63) is 40.5 Å². The van der Waals surface area contributed by atoms with Gasteiger partial charge < -0.3 is 5.32 Å². The van der Waals surface area contributed by atoms with Crippen LogP contribution in [-0.4, -0.2) is 31.8 Å². The van der Waals surface area contributed by atoms with Gasteiger partial charge in [0.25, 0.3) is 0 Å². The number of nitriles is 1. The zero-order chi connectivity index (χ0) is 22.7. The van der Waals surface area contributed by atoms with Gasteiger partial charge in [-0.25, -0.2) is 4.98 Å². The highest BCUT2D eigenvalue weighted by atomic mass is 32.2. The average molecular weight is 467 g/mol. The number of aromatic amines is 1. The smallest absolute Gasteiger partial charge is 0.235 e. The molecule has 3 aromatic rings. The summed E-state index contributed by atoms with van der Waals surface area (Å²) in [5, 5.41) is 20.9. The largest absolute Gasteiger partial charge is 0.316 e. The van der Waals surface area contributed by atoms with Crippen molar-refractivity contribution in [2.24, 2.45) is 11.3 Å². The van der Waals surface area contributed by atoms with Crippen molar-refractivity contribution >= 4 is 34.0 Å². The predicted octanol–water partition coefficient (Wildman–Crippen LogP) is 5.07. The van der Waals surface area contributed by atoms with E-state index in [2.05, 4.69) is 52.3 Å². The second kappa shape index (κ2) is 9.43. The number of fused-ring (bicyclic) bond motifs is 1. The van der Waals surface area contributed by atoms with Gasteiger partial charge in [0.2, 0.25) is 11.1 Å². The van der Waals surface area contributed by atoms with Crippen LogP contribution >= 0.6 is 23.1 Å². The molecule has 1 atom stereocenters. The summed E-state index contributed by atoms with van der Waals surface area (Å²) in [5.74, 6) is 1.25. The van der Waals surface area contributed by atoms with Gasteiger partial charge in [-0.05, 0) is 48.3 Å². The topological polar surface area (TPSA) is 107 Å². The van der Waals surface area contributed by atoms with Gasteiger partial charge in [-0.3, -0.25) is 14.9 Å². The number of thiophene rings is 1. The number of pyridine rings is 1. The van der Waals surface area contributed by atoms with Crippen molar-refractivity contribution in [1.82, 2.24) is 20.2 Å². The highest BCUT2D eigenvalue weighted by molar-refractivity contribution is 7.99. The number of hydrogen-bond acceptors (Lipinski definition) is 7. The number of carbonyl (C=O) groups excluding carboxylic acids is 1. The van der Waals surface area contributed by atoms with Crippen LogP contribution in [0.1, 0.15) is 49.6 Å². The van der Waals surface area contributed by atoms with Crippen molar-refractivity contribution < 1.29 is 4.79 Å². The van der Waals surface area contributed by atoms with Crippen LogP contribution < -0.4 is 5.32 Å². The Bertz CT molecular complexity index is 1150. The molecule has 0 fully saturated rings. The van der Waals surface area contributed by atoms with Crippen molar-refractivity contribution in [3.8, 4) is 17.5 Å². The van der Waals surface area contributed by atoms with E-state index < -0.39 is 0 Å². The van der Waals surface area contributed by atoms with Crippen molar-refractivity contribution in [2.45, 2.75) is 51.6 Å². The number of hydrogen-bond donors (Lipinski definition) is 2. The molecule has 1 aliphatic rings. The Hall–Kier alpha value is -2.70. The zero-order valence-corrected chi connectivity index (χ0v) is 20.1. The molecule has 166 valence electrons. The lowest BCUT2D eigenvalue weighted by Gasteiger charge is -2.36. The quantitative estimate of drug-likeness (QED) is 0.471. The van der Waals surface area contributed by atoms with Gasteiger partial charge in [-0.1, -0.05) is 39.0 Å². The van der Waals surface area contributed by atoms with Gasteiger partial charge >= 0.3 is 0 Å². The number of thioether (sulfide) groups is 1. The molecule has 4 rings (SSSR count). The Morgan fingerprint density at radius 2 is 2.19 bits per heavy atom. The minimum Gasteiger partial charge on any atom is -0.316 e. The van der Waals surface area contributed by atoms with Gasteiger partial charge in [0.05, 0.1) is 11.3 Å². The molecule has 7 nitrogen and oxygen atoms in total. The van der Waals surface area contributed by atoms with E-state index in [1.165, 1.54) is 16.6 Å². The summed E-state index contributed by atoms with van der Waals surface area (Å²) in [6.07, 6.45) is 7.49. The van der Waals surface area contributed by atoms with Crippen LogP contribution in [0.4, 0.5) is 5.00 Å². The van der Waals surface area contributed by atoms with Crippen LogP contribution in [0.25, 0.3) is 11.4 Å². The summed E-state index contributed by atoms with van der Waals surface area (Å²) < 4.78 is 0. The van der Waals surface area contributed by atoms with Crippen molar-refractivity contribution in [2.75, 3.05) is 11.1 Å². The van der Waals surface area contributed by atoms with Gasteiger partial charge in [0.15, 0.2) is 5.82 Å². The maximum absolute atomic E-state index is 12.6. The Kier molecular flexibility index (Phi) is 6.63. The molecule has 1 amide bonds. The Morgan fingerprint density at radius 1 is 1.41 bits per heavy atom. The number of nitrogens with zero attached hydrogens (tertiary/aromatic N) is 4. The number of carbonyl (C=O) groups is 1. The summed E-state index contributed by atoms with van der Waals surface area (Å²) in [6, 6.07) is 6.01. The molecule has 0 radical (unpaired) electrons. The third-order valence-corrected chi connectivity index (χ3v) is 8.41. The lowest BCUT2D eigenvalue weighted by atomic mass is 9.69. The number of aromatic nitrogens is 4. The van der Waals surface area contributed by atoms with Gasteiger partial charge in [0, 0.05) is 22.8 Å². The van der Waals surface area contributed by atoms with Crippen LogP contribution in [0.3, 0.4) is 0 Å². The lowest BCUT2D eigenvalue weighted by Crippen LogP contribution is -2.28. The first-order chi connectivity index (χ1) is 15.4. The Morgan fingerprint density at radius 3 is 2.91 bits per heavy atom. The summed E-state index contributed by atoms with van der Waals surface area (Å²) in [6.45, 7) is 6.89. The monoisotopic (exact) mass is 466 g/mol. The molecule has 32 heavy (non-hydrogen) atoms. The zero-order valence-electron chi connectivity index (χ0n) is 18.4. The molecule has 3 aromatic heterocycles. The van der Waals surface area contributed by atoms with E-state index in [9.17, 15) is 10.1 Å². The fourth-order valence-corrected chi connectivity index (χ4v) is 5.88. The third-order valence-electron chi connectivity index (χ3n) is 6.40. The van der Waals surface area contributed by atoms with E-state index in [0.29, 0.717) is 27.5 Å². The number of anilines is 1. The van der Waals surface area contributed by atoms with Gasteiger partial charge in [0.1, 0.15) is 11.1 Å². The molecule has 3 heterocycles. The van der Waals surface area contributed by atoms with E-state index in [-0.39, 0.29) is 17.1 Å². The molecule has 1 aliphatic carbocycles. The molecule has 0 saturated carbocycles. The predicted molar refractivity (Wildman–Crippen MR) is 128 cm³/mol. The molecular formula is C23H26N6OS2. The van der Waals surface area contributed by atoms with E-state index >= 15 is 0 Å².